The first-order valence-corrected chi connectivity index (χ1v) is 15.2. The van der Waals surface area contributed by atoms with Crippen LogP contribution in [0.3, 0.4) is 0 Å². The summed E-state index contributed by atoms with van der Waals surface area (Å²) in [5.41, 5.74) is 5.03. The van der Waals surface area contributed by atoms with Crippen LogP contribution in [-0.4, -0.2) is 52.3 Å². The van der Waals surface area contributed by atoms with E-state index in [0.29, 0.717) is 34.8 Å². The minimum atomic E-state index is -0.613. The maximum Gasteiger partial charge on any atom is 0.344 e. The average Bonchev–Trinajstić information content (AvgIpc) is 3.80. The number of aromatic nitrogens is 8. The molecule has 0 saturated carbocycles. The Morgan fingerprint density at radius 1 is 0.708 bits per heavy atom. The molecule has 0 unspecified atom stereocenters. The molecule has 7 rings (SSSR count). The average molecular weight is 637 g/mol. The molecule has 0 atom stereocenters. The van der Waals surface area contributed by atoms with E-state index in [2.05, 4.69) is 30.8 Å². The Bertz CT molecular complexity index is 2220. The molecule has 4 aromatic carbocycles. The third-order valence-electron chi connectivity index (χ3n) is 7.67. The lowest BCUT2D eigenvalue weighted by molar-refractivity contribution is 0.0708. The molecule has 12 heteroatoms. The third-order valence-corrected chi connectivity index (χ3v) is 7.67. The molecule has 236 valence electrons. The molecule has 7 aromatic rings. The Morgan fingerprint density at radius 3 is 1.90 bits per heavy atom. The highest BCUT2D eigenvalue weighted by molar-refractivity contribution is 5.96. The fourth-order valence-electron chi connectivity index (χ4n) is 5.38. The molecule has 12 nitrogen and oxygen atoms in total. The summed E-state index contributed by atoms with van der Waals surface area (Å²) in [4.78, 5) is 31.1. The number of nitrogens with zero attached hydrogens (tertiary/aromatic N) is 7. The van der Waals surface area contributed by atoms with Gasteiger partial charge in [-0.1, -0.05) is 98.8 Å². The second kappa shape index (κ2) is 13.0. The fraction of sp³-hybridized carbons (Fsp3) is 0.111. The van der Waals surface area contributed by atoms with Crippen LogP contribution >= 0.6 is 0 Å². The smallest absolute Gasteiger partial charge is 0.344 e. The molecule has 3 aromatic heterocycles. The van der Waals surface area contributed by atoms with Gasteiger partial charge in [0, 0.05) is 18.0 Å². The van der Waals surface area contributed by atoms with E-state index >= 15 is 0 Å². The summed E-state index contributed by atoms with van der Waals surface area (Å²) in [6.45, 7) is 4.36. The fourth-order valence-corrected chi connectivity index (χ4v) is 5.38. The number of hydrogen-bond acceptors (Lipinski definition) is 10. The van der Waals surface area contributed by atoms with E-state index in [0.717, 1.165) is 22.3 Å². The minimum Gasteiger partial charge on any atom is -0.400 e. The van der Waals surface area contributed by atoms with Gasteiger partial charge in [-0.2, -0.15) is 5.21 Å². The van der Waals surface area contributed by atoms with Crippen LogP contribution in [0.5, 0.6) is 11.8 Å². The van der Waals surface area contributed by atoms with Gasteiger partial charge in [-0.3, -0.25) is 0 Å². The van der Waals surface area contributed by atoms with Gasteiger partial charge in [0.2, 0.25) is 5.82 Å². The molecule has 1 N–H and O–H groups in total. The third kappa shape index (κ3) is 6.01. The van der Waals surface area contributed by atoms with Gasteiger partial charge in [-0.05, 0) is 46.2 Å². The number of carbonyl (C=O) groups excluding carboxylic acids is 2. The molecule has 0 bridgehead atoms. The van der Waals surface area contributed by atoms with Crippen molar-refractivity contribution in [3.63, 3.8) is 0 Å². The SMILES string of the molecule is CC(C)c1nc2c(OC(=O)c3ccccc3)nnc(OC(=O)c3ccccc3)c2n1Cc1ccc(-c2ccccc2-c2nn[nH]n2)cc1. The number of benzene rings is 4. The lowest BCUT2D eigenvalue weighted by atomic mass is 9.98. The van der Waals surface area contributed by atoms with Gasteiger partial charge in [0.1, 0.15) is 11.3 Å². The van der Waals surface area contributed by atoms with Crippen LogP contribution in [-0.2, 0) is 6.54 Å². The van der Waals surface area contributed by atoms with Crippen LogP contribution in [0.2, 0.25) is 0 Å². The van der Waals surface area contributed by atoms with E-state index in [1.54, 1.807) is 54.6 Å². The van der Waals surface area contributed by atoms with Crippen molar-refractivity contribution in [2.45, 2.75) is 26.3 Å². The number of carbonyl (C=O) groups is 2. The Balaban J connectivity index is 1.29. The number of aromatic amines is 1. The number of hydrogen-bond donors (Lipinski definition) is 1. The van der Waals surface area contributed by atoms with Crippen LogP contribution in [0, 0.1) is 0 Å². The summed E-state index contributed by atoms with van der Waals surface area (Å²) < 4.78 is 13.5. The molecule has 48 heavy (non-hydrogen) atoms. The quantitative estimate of drug-likeness (QED) is 0.179. The number of nitrogens with one attached hydrogen (secondary N) is 1. The monoisotopic (exact) mass is 636 g/mol. The standard InChI is InChI=1S/C36H28N8O4/c1-22(2)32-37-29-30(44(32)21-23-17-19-24(20-18-23)27-15-9-10-16-28(27)31-38-42-43-39-31)34(48-36(46)26-13-7-4-8-14-26)41-40-33(29)47-35(45)25-11-5-3-6-12-25/h3-20,22H,21H2,1-2H3,(H,38,39,42,43). The molecule has 0 amide bonds. The molecule has 0 saturated heterocycles. The van der Waals surface area contributed by atoms with Crippen LogP contribution in [0.1, 0.15) is 51.9 Å². The van der Waals surface area contributed by atoms with Gasteiger partial charge in [0.25, 0.3) is 11.8 Å². The Kier molecular flexibility index (Phi) is 8.18. The predicted molar refractivity (Wildman–Crippen MR) is 176 cm³/mol. The first kappa shape index (κ1) is 30.1. The van der Waals surface area contributed by atoms with E-state index in [-0.39, 0.29) is 23.2 Å². The predicted octanol–water partition coefficient (Wildman–Crippen LogP) is 6.28. The maximum atomic E-state index is 13.2. The van der Waals surface area contributed by atoms with E-state index < -0.39 is 11.9 Å². The van der Waals surface area contributed by atoms with Crippen LogP contribution in [0.25, 0.3) is 33.5 Å². The van der Waals surface area contributed by atoms with E-state index in [1.165, 1.54) is 0 Å². The number of esters is 2. The topological polar surface area (TPSA) is 151 Å². The zero-order valence-electron chi connectivity index (χ0n) is 25.9. The van der Waals surface area contributed by atoms with Crippen molar-refractivity contribution in [3.8, 4) is 34.3 Å². The number of H-pyrrole nitrogens is 1. The van der Waals surface area contributed by atoms with Gasteiger partial charge in [-0.25, -0.2) is 14.6 Å². The molecule has 0 radical (unpaired) electrons. The van der Waals surface area contributed by atoms with Gasteiger partial charge < -0.3 is 14.0 Å². The zero-order chi connectivity index (χ0) is 33.0. The van der Waals surface area contributed by atoms with Crippen molar-refractivity contribution in [1.82, 2.24) is 40.4 Å². The van der Waals surface area contributed by atoms with Gasteiger partial charge in [0.15, 0.2) is 5.52 Å². The van der Waals surface area contributed by atoms with Crippen molar-refractivity contribution in [2.75, 3.05) is 0 Å². The molecule has 0 fully saturated rings. The minimum absolute atomic E-state index is 0.0524. The summed E-state index contributed by atoms with van der Waals surface area (Å²) in [5.74, 6) is -0.255. The van der Waals surface area contributed by atoms with Crippen molar-refractivity contribution >= 4 is 23.0 Å². The van der Waals surface area contributed by atoms with Gasteiger partial charge in [-0.15, -0.1) is 20.4 Å². The second-order valence-electron chi connectivity index (χ2n) is 11.2. The first-order valence-electron chi connectivity index (χ1n) is 15.2. The molecule has 0 spiro atoms. The Labute approximate surface area is 274 Å². The molecular weight excluding hydrogens is 608 g/mol. The summed E-state index contributed by atoms with van der Waals surface area (Å²) in [6, 6.07) is 33.1. The Morgan fingerprint density at radius 2 is 1.29 bits per heavy atom. The zero-order valence-corrected chi connectivity index (χ0v) is 25.9. The van der Waals surface area contributed by atoms with Gasteiger partial charge >= 0.3 is 11.9 Å². The normalized spacial score (nSPS) is 11.1. The summed E-state index contributed by atoms with van der Waals surface area (Å²) in [6.07, 6.45) is 0. The summed E-state index contributed by atoms with van der Waals surface area (Å²) >= 11 is 0. The molecule has 3 heterocycles. The lowest BCUT2D eigenvalue weighted by Crippen LogP contribution is -2.14. The van der Waals surface area contributed by atoms with E-state index in [1.807, 2.05) is 73.0 Å². The van der Waals surface area contributed by atoms with Crippen molar-refractivity contribution < 1.29 is 19.1 Å². The van der Waals surface area contributed by atoms with Crippen molar-refractivity contribution in [2.24, 2.45) is 0 Å². The molecular formula is C36H28N8O4. The summed E-state index contributed by atoms with van der Waals surface area (Å²) in [5, 5.41) is 22.9. The van der Waals surface area contributed by atoms with E-state index in [4.69, 9.17) is 14.5 Å². The van der Waals surface area contributed by atoms with Crippen LogP contribution in [0.4, 0.5) is 0 Å². The van der Waals surface area contributed by atoms with Crippen LogP contribution in [0.15, 0.2) is 109 Å². The van der Waals surface area contributed by atoms with Crippen molar-refractivity contribution in [3.05, 3.63) is 132 Å². The summed E-state index contributed by atoms with van der Waals surface area (Å²) in [7, 11) is 0. The second-order valence-corrected chi connectivity index (χ2v) is 11.2. The number of ether oxygens (including phenoxy) is 2. The first-order chi connectivity index (χ1) is 23.5. The Hall–Kier alpha value is -6.56. The highest BCUT2D eigenvalue weighted by Gasteiger charge is 2.26. The van der Waals surface area contributed by atoms with Gasteiger partial charge in [0.05, 0.1) is 11.1 Å². The number of tetrazole rings is 1. The largest absolute Gasteiger partial charge is 0.400 e. The highest BCUT2D eigenvalue weighted by Crippen LogP contribution is 2.35. The highest BCUT2D eigenvalue weighted by atomic mass is 16.6. The lowest BCUT2D eigenvalue weighted by Gasteiger charge is -2.14. The number of fused-ring (bicyclic) bond motifs is 1. The van der Waals surface area contributed by atoms with E-state index in [9.17, 15) is 9.59 Å². The van der Waals surface area contributed by atoms with Crippen LogP contribution < -0.4 is 9.47 Å². The molecule has 0 aliphatic carbocycles. The molecule has 0 aliphatic rings. The molecule has 0 aliphatic heterocycles. The number of rotatable bonds is 9. The maximum absolute atomic E-state index is 13.2. The van der Waals surface area contributed by atoms with Crippen molar-refractivity contribution in [1.29, 1.82) is 0 Å². The number of imidazole rings is 1.